The van der Waals surface area contributed by atoms with Gasteiger partial charge in [-0.3, -0.25) is 0 Å². The summed E-state index contributed by atoms with van der Waals surface area (Å²) in [7, 11) is 0. The van der Waals surface area contributed by atoms with Gasteiger partial charge in [0.05, 0.1) is 11.0 Å². The van der Waals surface area contributed by atoms with Crippen LogP contribution in [0.25, 0.3) is 116 Å². The molecule has 0 amide bonds. The fourth-order valence-corrected chi connectivity index (χ4v) is 9.00. The maximum Gasteiger partial charge on any atom is 0.164 e. The van der Waals surface area contributed by atoms with Gasteiger partial charge in [0.1, 0.15) is 0 Å². The zero-order valence-electron chi connectivity index (χ0n) is 30.8. The molecule has 2 aromatic heterocycles. The van der Waals surface area contributed by atoms with Gasteiger partial charge in [0.25, 0.3) is 0 Å². The van der Waals surface area contributed by atoms with Gasteiger partial charge < -0.3 is 4.57 Å². The first-order chi connectivity index (χ1) is 28.3. The Bertz CT molecular complexity index is 3440. The van der Waals surface area contributed by atoms with Crippen molar-refractivity contribution in [2.24, 2.45) is 0 Å². The van der Waals surface area contributed by atoms with Gasteiger partial charge in [-0.2, -0.15) is 0 Å². The molecule has 0 N–H and O–H groups in total. The van der Waals surface area contributed by atoms with Crippen LogP contribution in [-0.4, -0.2) is 19.5 Å². The van der Waals surface area contributed by atoms with E-state index in [1.165, 1.54) is 70.9 Å². The van der Waals surface area contributed by atoms with Crippen molar-refractivity contribution in [3.8, 4) is 51.0 Å². The van der Waals surface area contributed by atoms with E-state index in [1.807, 2.05) is 60.7 Å². The maximum absolute atomic E-state index is 5.07. The Morgan fingerprint density at radius 1 is 0.298 bits per heavy atom. The predicted molar refractivity (Wildman–Crippen MR) is 237 cm³/mol. The third-order valence-electron chi connectivity index (χ3n) is 11.6. The maximum atomic E-state index is 5.07. The molecule has 12 aromatic rings. The summed E-state index contributed by atoms with van der Waals surface area (Å²) in [5, 5.41) is 12.5. The van der Waals surface area contributed by atoms with Gasteiger partial charge in [-0.1, -0.05) is 146 Å². The molecule has 10 aromatic carbocycles. The van der Waals surface area contributed by atoms with E-state index in [0.29, 0.717) is 17.5 Å². The number of para-hydroxylation sites is 1. The molecule has 12 rings (SSSR count). The number of hydrogen-bond donors (Lipinski definition) is 0. The molecule has 0 bridgehead atoms. The van der Waals surface area contributed by atoms with Gasteiger partial charge >= 0.3 is 0 Å². The molecule has 0 spiro atoms. The molecule has 0 saturated heterocycles. The highest BCUT2D eigenvalue weighted by Gasteiger charge is 2.21. The molecule has 0 fully saturated rings. The van der Waals surface area contributed by atoms with E-state index >= 15 is 0 Å². The van der Waals surface area contributed by atoms with E-state index in [-0.39, 0.29) is 0 Å². The molecule has 0 saturated carbocycles. The van der Waals surface area contributed by atoms with Gasteiger partial charge in [0.2, 0.25) is 0 Å². The number of nitrogens with zero attached hydrogens (tertiary/aromatic N) is 4. The molecular formula is C53H32N4. The first kappa shape index (κ1) is 31.6. The zero-order chi connectivity index (χ0) is 37.5. The van der Waals surface area contributed by atoms with Crippen molar-refractivity contribution < 1.29 is 0 Å². The molecule has 2 heterocycles. The van der Waals surface area contributed by atoms with Crippen molar-refractivity contribution in [1.82, 2.24) is 19.5 Å². The Morgan fingerprint density at radius 2 is 0.789 bits per heavy atom. The second kappa shape index (κ2) is 12.4. The van der Waals surface area contributed by atoms with Crippen molar-refractivity contribution in [2.45, 2.75) is 0 Å². The molecule has 0 aliphatic carbocycles. The fraction of sp³-hybridized carbons (Fsp3) is 0. The lowest BCUT2D eigenvalue weighted by Gasteiger charge is -2.14. The normalized spacial score (nSPS) is 11.9. The largest absolute Gasteiger partial charge is 0.309 e. The standard InChI is InChI=1S/C53H32N4/c1-4-14-33(15-5-1)51-54-52(34-16-6-2-7-17-34)56-53(55-51)44-29-28-39(40-20-10-11-21-41(40)44)36-27-26-35-31-45-42-22-12-24-47-49(42)50-43(46(45)32-37(35)30-36)23-13-25-48(50)57(47)38-18-8-3-9-19-38/h1-32H. The fourth-order valence-electron chi connectivity index (χ4n) is 9.00. The molecular weight excluding hydrogens is 693 g/mol. The summed E-state index contributed by atoms with van der Waals surface area (Å²) in [5.41, 5.74) is 8.87. The lowest BCUT2D eigenvalue weighted by atomic mass is 9.90. The van der Waals surface area contributed by atoms with Crippen molar-refractivity contribution in [3.63, 3.8) is 0 Å². The second-order valence-corrected chi connectivity index (χ2v) is 14.8. The van der Waals surface area contributed by atoms with Crippen molar-refractivity contribution in [3.05, 3.63) is 194 Å². The molecule has 57 heavy (non-hydrogen) atoms. The van der Waals surface area contributed by atoms with Crippen molar-refractivity contribution >= 4 is 64.9 Å². The zero-order valence-corrected chi connectivity index (χ0v) is 30.8. The molecule has 4 nitrogen and oxygen atoms in total. The highest BCUT2D eigenvalue weighted by atomic mass is 15.0. The highest BCUT2D eigenvalue weighted by Crippen LogP contribution is 2.45. The van der Waals surface area contributed by atoms with Crippen LogP contribution in [0.5, 0.6) is 0 Å². The Labute approximate surface area is 328 Å². The molecule has 4 heteroatoms. The van der Waals surface area contributed by atoms with Crippen LogP contribution in [-0.2, 0) is 0 Å². The van der Waals surface area contributed by atoms with Crippen LogP contribution in [0.4, 0.5) is 0 Å². The molecule has 0 unspecified atom stereocenters. The first-order valence-corrected chi connectivity index (χ1v) is 19.4. The summed E-state index contributed by atoms with van der Waals surface area (Å²) in [5.74, 6) is 1.96. The van der Waals surface area contributed by atoms with E-state index in [4.69, 9.17) is 15.0 Å². The van der Waals surface area contributed by atoms with Crippen LogP contribution in [0, 0.1) is 0 Å². The summed E-state index contributed by atoms with van der Waals surface area (Å²) in [6.45, 7) is 0. The van der Waals surface area contributed by atoms with Crippen LogP contribution < -0.4 is 0 Å². The van der Waals surface area contributed by atoms with E-state index in [2.05, 4.69) is 138 Å². The number of benzene rings is 10. The van der Waals surface area contributed by atoms with Gasteiger partial charge in [-0.15, -0.1) is 0 Å². The Kier molecular flexibility index (Phi) is 6.89. The summed E-state index contributed by atoms with van der Waals surface area (Å²) in [4.78, 5) is 15.1. The van der Waals surface area contributed by atoms with Crippen LogP contribution in [0.1, 0.15) is 0 Å². The topological polar surface area (TPSA) is 43.6 Å². The molecule has 0 aliphatic rings. The van der Waals surface area contributed by atoms with Crippen molar-refractivity contribution in [1.29, 1.82) is 0 Å². The van der Waals surface area contributed by atoms with Crippen LogP contribution in [0.15, 0.2) is 194 Å². The number of fused-ring (bicyclic) bond motifs is 5. The van der Waals surface area contributed by atoms with Gasteiger partial charge in [0, 0.05) is 33.2 Å². The third-order valence-corrected chi connectivity index (χ3v) is 11.6. The minimum atomic E-state index is 0.653. The van der Waals surface area contributed by atoms with Crippen LogP contribution in [0.2, 0.25) is 0 Å². The van der Waals surface area contributed by atoms with Crippen molar-refractivity contribution in [2.75, 3.05) is 0 Å². The van der Waals surface area contributed by atoms with E-state index < -0.39 is 0 Å². The Morgan fingerprint density at radius 3 is 1.40 bits per heavy atom. The predicted octanol–water partition coefficient (Wildman–Crippen LogP) is 13.7. The number of hydrogen-bond acceptors (Lipinski definition) is 3. The minimum absolute atomic E-state index is 0.653. The molecule has 264 valence electrons. The van der Waals surface area contributed by atoms with E-state index in [1.54, 1.807) is 0 Å². The summed E-state index contributed by atoms with van der Waals surface area (Å²) < 4.78 is 2.41. The Hall–Kier alpha value is -7.69. The highest BCUT2D eigenvalue weighted by molar-refractivity contribution is 6.35. The SMILES string of the molecule is c1ccc(-c2nc(-c3ccccc3)nc(-c3ccc(-c4ccc5cc6c(cc5c4)c4cccc5c4c4c6cccc4n5-c4ccccc4)c4ccccc34)n2)cc1. The summed E-state index contributed by atoms with van der Waals surface area (Å²) >= 11 is 0. The lowest BCUT2D eigenvalue weighted by molar-refractivity contribution is 1.08. The number of rotatable bonds is 5. The van der Waals surface area contributed by atoms with Gasteiger partial charge in [-0.25, -0.2) is 15.0 Å². The summed E-state index contributed by atoms with van der Waals surface area (Å²) in [6.07, 6.45) is 0. The number of aromatic nitrogens is 4. The quantitative estimate of drug-likeness (QED) is 0.131. The van der Waals surface area contributed by atoms with Crippen LogP contribution in [0.3, 0.4) is 0 Å². The van der Waals surface area contributed by atoms with E-state index in [0.717, 1.165) is 27.5 Å². The monoisotopic (exact) mass is 724 g/mol. The smallest absolute Gasteiger partial charge is 0.164 e. The van der Waals surface area contributed by atoms with Crippen LogP contribution >= 0.6 is 0 Å². The van der Waals surface area contributed by atoms with Gasteiger partial charge in [-0.05, 0) is 103 Å². The first-order valence-electron chi connectivity index (χ1n) is 19.4. The molecule has 0 atom stereocenters. The third kappa shape index (κ3) is 4.91. The second-order valence-electron chi connectivity index (χ2n) is 14.8. The molecule has 0 aliphatic heterocycles. The van der Waals surface area contributed by atoms with E-state index in [9.17, 15) is 0 Å². The average molecular weight is 725 g/mol. The van der Waals surface area contributed by atoms with Gasteiger partial charge in [0.15, 0.2) is 17.5 Å². The molecule has 0 radical (unpaired) electrons. The lowest BCUT2D eigenvalue weighted by Crippen LogP contribution is -2.00. The average Bonchev–Trinajstić information content (AvgIpc) is 3.63. The summed E-state index contributed by atoms with van der Waals surface area (Å²) in [6, 6.07) is 69.2. The Balaban J connectivity index is 1.04. The minimum Gasteiger partial charge on any atom is -0.309 e.